The first-order chi connectivity index (χ1) is 9.83. The largest absolute Gasteiger partial charge is 0.491 e. The number of carbonyl (C=O) groups excluding carboxylic acids is 1. The number of para-hydroxylation sites is 1. The highest BCUT2D eigenvalue weighted by Crippen LogP contribution is 2.22. The molecule has 4 heteroatoms. The average molecular weight is 274 g/mol. The average Bonchev–Trinajstić information content (AvgIpc) is 2.89. The molecule has 0 bridgehead atoms. The van der Waals surface area contributed by atoms with E-state index >= 15 is 0 Å². The Bertz CT molecular complexity index is 469. The molecule has 0 aromatic heterocycles. The maximum atomic E-state index is 12.3. The van der Waals surface area contributed by atoms with Crippen molar-refractivity contribution >= 4 is 5.91 Å². The van der Waals surface area contributed by atoms with Crippen LogP contribution in [0.4, 0.5) is 0 Å². The molecule has 1 saturated carbocycles. The van der Waals surface area contributed by atoms with Gasteiger partial charge in [0.2, 0.25) is 5.91 Å². The van der Waals surface area contributed by atoms with E-state index in [9.17, 15) is 4.79 Å². The van der Waals surface area contributed by atoms with Crippen LogP contribution in [0.5, 0.6) is 5.75 Å². The molecule has 1 aromatic rings. The van der Waals surface area contributed by atoms with Gasteiger partial charge in [0.25, 0.3) is 0 Å². The smallest absolute Gasteiger partial charge is 0.236 e. The van der Waals surface area contributed by atoms with Gasteiger partial charge in [-0.05, 0) is 18.9 Å². The second-order valence-electron chi connectivity index (χ2n) is 5.63. The second-order valence-corrected chi connectivity index (χ2v) is 5.63. The fraction of sp³-hybridized carbons (Fsp3) is 0.562. The van der Waals surface area contributed by atoms with Gasteiger partial charge >= 0.3 is 0 Å². The van der Waals surface area contributed by atoms with Crippen molar-refractivity contribution in [2.75, 3.05) is 19.7 Å². The first kappa shape index (κ1) is 13.4. The van der Waals surface area contributed by atoms with E-state index in [0.717, 1.165) is 11.3 Å². The summed E-state index contributed by atoms with van der Waals surface area (Å²) in [5.74, 6) is 1.09. The Labute approximate surface area is 120 Å². The molecule has 0 saturated heterocycles. The van der Waals surface area contributed by atoms with Crippen molar-refractivity contribution in [1.82, 2.24) is 10.2 Å². The van der Waals surface area contributed by atoms with Crippen molar-refractivity contribution in [3.05, 3.63) is 29.8 Å². The van der Waals surface area contributed by atoms with Crippen molar-refractivity contribution in [1.29, 1.82) is 0 Å². The summed E-state index contributed by atoms with van der Waals surface area (Å²) in [6.45, 7) is 2.35. The maximum absolute atomic E-state index is 12.3. The van der Waals surface area contributed by atoms with E-state index in [0.29, 0.717) is 32.3 Å². The number of benzene rings is 1. The predicted octanol–water partition coefficient (Wildman–Crippen LogP) is 1.94. The SMILES string of the molecule is O=C(CNC1CCCC1)N1CCOc2ccccc2C1. The Hall–Kier alpha value is -1.55. The molecule has 0 atom stereocenters. The maximum Gasteiger partial charge on any atom is 0.236 e. The van der Waals surface area contributed by atoms with Gasteiger partial charge in [-0.3, -0.25) is 4.79 Å². The molecule has 1 heterocycles. The van der Waals surface area contributed by atoms with Gasteiger partial charge in [0, 0.05) is 18.2 Å². The quantitative estimate of drug-likeness (QED) is 0.916. The van der Waals surface area contributed by atoms with Gasteiger partial charge < -0.3 is 15.0 Å². The standard InChI is InChI=1S/C16H22N2O2/c19-16(11-17-14-6-2-3-7-14)18-9-10-20-15-8-4-1-5-13(15)12-18/h1,4-5,8,14,17H,2-3,6-7,9-12H2. The second kappa shape index (κ2) is 6.27. The highest BCUT2D eigenvalue weighted by Gasteiger charge is 2.21. The third-order valence-electron chi connectivity index (χ3n) is 4.20. The molecule has 1 N–H and O–H groups in total. The van der Waals surface area contributed by atoms with Crippen LogP contribution in [0.3, 0.4) is 0 Å². The van der Waals surface area contributed by atoms with E-state index in [1.807, 2.05) is 29.2 Å². The molecule has 4 nitrogen and oxygen atoms in total. The molecule has 1 aliphatic carbocycles. The minimum Gasteiger partial charge on any atom is -0.491 e. The van der Waals surface area contributed by atoms with E-state index in [4.69, 9.17) is 4.74 Å². The summed E-state index contributed by atoms with van der Waals surface area (Å²) in [7, 11) is 0. The summed E-state index contributed by atoms with van der Waals surface area (Å²) in [6, 6.07) is 8.51. The fourth-order valence-electron chi connectivity index (χ4n) is 3.01. The molecule has 1 aromatic carbocycles. The summed E-state index contributed by atoms with van der Waals surface area (Å²) in [6.07, 6.45) is 4.99. The van der Waals surface area contributed by atoms with Gasteiger partial charge in [-0.2, -0.15) is 0 Å². The van der Waals surface area contributed by atoms with Gasteiger partial charge in [0.05, 0.1) is 13.1 Å². The molecule has 0 unspecified atom stereocenters. The Balaban J connectivity index is 1.57. The summed E-state index contributed by atoms with van der Waals surface area (Å²) in [5.41, 5.74) is 1.10. The lowest BCUT2D eigenvalue weighted by Gasteiger charge is -2.21. The zero-order valence-corrected chi connectivity index (χ0v) is 11.8. The van der Waals surface area contributed by atoms with Gasteiger partial charge in [-0.25, -0.2) is 0 Å². The minimum atomic E-state index is 0.178. The monoisotopic (exact) mass is 274 g/mol. The normalized spacial score (nSPS) is 19.3. The number of ether oxygens (including phenoxy) is 1. The van der Waals surface area contributed by atoms with Crippen LogP contribution in [0.25, 0.3) is 0 Å². The van der Waals surface area contributed by atoms with Crippen LogP contribution in [0.15, 0.2) is 24.3 Å². The number of carbonyl (C=O) groups is 1. The molecular formula is C16H22N2O2. The van der Waals surface area contributed by atoms with Crippen molar-refractivity contribution in [2.45, 2.75) is 38.3 Å². The molecule has 0 radical (unpaired) electrons. The van der Waals surface area contributed by atoms with Crippen LogP contribution in [0.2, 0.25) is 0 Å². The van der Waals surface area contributed by atoms with Crippen molar-refractivity contribution in [2.24, 2.45) is 0 Å². The topological polar surface area (TPSA) is 41.6 Å². The first-order valence-corrected chi connectivity index (χ1v) is 7.55. The van der Waals surface area contributed by atoms with Gasteiger partial charge in [-0.15, -0.1) is 0 Å². The minimum absolute atomic E-state index is 0.178. The number of hydrogen-bond donors (Lipinski definition) is 1. The van der Waals surface area contributed by atoms with Crippen molar-refractivity contribution < 1.29 is 9.53 Å². The van der Waals surface area contributed by atoms with E-state index < -0.39 is 0 Å². The highest BCUT2D eigenvalue weighted by molar-refractivity contribution is 5.78. The predicted molar refractivity (Wildman–Crippen MR) is 77.6 cm³/mol. The molecule has 3 rings (SSSR count). The van der Waals surface area contributed by atoms with Crippen LogP contribution in [0, 0.1) is 0 Å². The van der Waals surface area contributed by atoms with E-state index in [-0.39, 0.29) is 5.91 Å². The molecule has 108 valence electrons. The Morgan fingerprint density at radius 3 is 2.95 bits per heavy atom. The molecular weight excluding hydrogens is 252 g/mol. The first-order valence-electron chi connectivity index (χ1n) is 7.55. The van der Waals surface area contributed by atoms with E-state index in [2.05, 4.69) is 5.32 Å². The number of nitrogens with one attached hydrogen (secondary N) is 1. The third kappa shape index (κ3) is 3.12. The Morgan fingerprint density at radius 2 is 2.10 bits per heavy atom. The molecule has 20 heavy (non-hydrogen) atoms. The lowest BCUT2D eigenvalue weighted by molar-refractivity contribution is -0.131. The summed E-state index contributed by atoms with van der Waals surface area (Å²) < 4.78 is 5.69. The number of amides is 1. The van der Waals surface area contributed by atoms with Crippen LogP contribution < -0.4 is 10.1 Å². The third-order valence-corrected chi connectivity index (χ3v) is 4.20. The van der Waals surface area contributed by atoms with Gasteiger partial charge in [0.1, 0.15) is 12.4 Å². The van der Waals surface area contributed by atoms with Crippen LogP contribution >= 0.6 is 0 Å². The molecule has 1 amide bonds. The molecule has 2 aliphatic rings. The lowest BCUT2D eigenvalue weighted by atomic mass is 10.2. The fourth-order valence-corrected chi connectivity index (χ4v) is 3.01. The highest BCUT2D eigenvalue weighted by atomic mass is 16.5. The van der Waals surface area contributed by atoms with Crippen molar-refractivity contribution in [3.8, 4) is 5.75 Å². The molecule has 1 fully saturated rings. The van der Waals surface area contributed by atoms with Gasteiger partial charge in [-0.1, -0.05) is 31.0 Å². The Kier molecular flexibility index (Phi) is 4.21. The molecule has 0 spiro atoms. The number of fused-ring (bicyclic) bond motifs is 1. The summed E-state index contributed by atoms with van der Waals surface area (Å²) >= 11 is 0. The number of nitrogens with zero attached hydrogens (tertiary/aromatic N) is 1. The zero-order valence-electron chi connectivity index (χ0n) is 11.8. The Morgan fingerprint density at radius 1 is 1.30 bits per heavy atom. The van der Waals surface area contributed by atoms with Gasteiger partial charge in [0.15, 0.2) is 0 Å². The summed E-state index contributed by atoms with van der Waals surface area (Å²) in [4.78, 5) is 14.2. The lowest BCUT2D eigenvalue weighted by Crippen LogP contribution is -2.41. The number of hydrogen-bond acceptors (Lipinski definition) is 3. The molecule has 1 aliphatic heterocycles. The van der Waals surface area contributed by atoms with E-state index in [1.165, 1.54) is 25.7 Å². The van der Waals surface area contributed by atoms with Crippen LogP contribution in [-0.2, 0) is 11.3 Å². The van der Waals surface area contributed by atoms with Crippen LogP contribution in [0.1, 0.15) is 31.2 Å². The zero-order chi connectivity index (χ0) is 13.8. The summed E-state index contributed by atoms with van der Waals surface area (Å²) in [5, 5.41) is 3.39. The number of rotatable bonds is 3. The van der Waals surface area contributed by atoms with Crippen LogP contribution in [-0.4, -0.2) is 36.5 Å². The van der Waals surface area contributed by atoms with Crippen molar-refractivity contribution in [3.63, 3.8) is 0 Å². The van der Waals surface area contributed by atoms with E-state index in [1.54, 1.807) is 0 Å².